The normalized spacial score (nSPS) is 17.8. The van der Waals surface area contributed by atoms with Gasteiger partial charge in [-0.1, -0.05) is 32.1 Å². The Bertz CT molecular complexity index is 876. The van der Waals surface area contributed by atoms with Crippen LogP contribution in [0.4, 0.5) is 19.0 Å². The molecule has 1 aromatic carbocycles. The number of halogens is 3. The summed E-state index contributed by atoms with van der Waals surface area (Å²) in [5, 5.41) is 31.6. The Morgan fingerprint density at radius 2 is 1.73 bits per heavy atom. The number of anilines is 1. The van der Waals surface area contributed by atoms with E-state index in [-0.39, 0.29) is 18.1 Å². The molecule has 7 nitrogen and oxygen atoms in total. The van der Waals surface area contributed by atoms with Crippen molar-refractivity contribution in [3.8, 4) is 17.0 Å². The van der Waals surface area contributed by atoms with Crippen LogP contribution in [0.1, 0.15) is 56.1 Å². The minimum Gasteiger partial charge on any atom is -0.507 e. The number of piperidine rings is 1. The molecule has 2 aromatic rings. The van der Waals surface area contributed by atoms with Gasteiger partial charge in [-0.25, -0.2) is 0 Å². The van der Waals surface area contributed by atoms with Gasteiger partial charge in [0.25, 0.3) is 6.47 Å². The maximum absolute atomic E-state index is 12.7. The number of carbonyl (C=O) groups is 1. The summed E-state index contributed by atoms with van der Waals surface area (Å²) in [6, 6.07) is 4.90. The maximum atomic E-state index is 12.7. The summed E-state index contributed by atoms with van der Waals surface area (Å²) >= 11 is 0. The molecular formula is C23H31F3N4O3. The summed E-state index contributed by atoms with van der Waals surface area (Å²) in [4.78, 5) is 8.36. The summed E-state index contributed by atoms with van der Waals surface area (Å²) in [7, 11) is 0. The fourth-order valence-corrected chi connectivity index (χ4v) is 3.80. The first-order valence-electron chi connectivity index (χ1n) is 11.1. The number of hydrogen-bond acceptors (Lipinski definition) is 6. The molecular weight excluding hydrogens is 437 g/mol. The van der Waals surface area contributed by atoms with E-state index in [0.29, 0.717) is 17.6 Å². The number of aryl methyl sites for hydroxylation is 1. The number of hydrogen-bond donors (Lipinski definition) is 4. The van der Waals surface area contributed by atoms with E-state index in [2.05, 4.69) is 20.8 Å². The highest BCUT2D eigenvalue weighted by Crippen LogP contribution is 2.36. The van der Waals surface area contributed by atoms with E-state index in [0.717, 1.165) is 37.6 Å². The second-order valence-electron chi connectivity index (χ2n) is 8.05. The molecule has 1 atom stereocenters. The van der Waals surface area contributed by atoms with E-state index in [9.17, 15) is 18.3 Å². The first-order chi connectivity index (χ1) is 15.8. The van der Waals surface area contributed by atoms with E-state index >= 15 is 0 Å². The molecule has 2 heterocycles. The van der Waals surface area contributed by atoms with E-state index in [4.69, 9.17) is 9.90 Å². The molecule has 10 heteroatoms. The highest BCUT2D eigenvalue weighted by atomic mass is 19.4. The fourth-order valence-electron chi connectivity index (χ4n) is 3.80. The van der Waals surface area contributed by atoms with Crippen LogP contribution in [-0.2, 0) is 11.0 Å². The summed E-state index contributed by atoms with van der Waals surface area (Å²) in [5.41, 5.74) is 0.404. The molecule has 4 rings (SSSR count). The third-order valence-corrected chi connectivity index (χ3v) is 5.46. The zero-order valence-electron chi connectivity index (χ0n) is 18.7. The summed E-state index contributed by atoms with van der Waals surface area (Å²) < 4.78 is 38.1. The number of aromatic nitrogens is 2. The van der Waals surface area contributed by atoms with Crippen LogP contribution in [0.2, 0.25) is 0 Å². The molecule has 2 fully saturated rings. The second kappa shape index (κ2) is 13.0. The minimum absolute atomic E-state index is 0.226. The Labute approximate surface area is 191 Å². The maximum Gasteiger partial charge on any atom is 0.416 e. The van der Waals surface area contributed by atoms with E-state index in [1.165, 1.54) is 38.2 Å². The van der Waals surface area contributed by atoms with Crippen molar-refractivity contribution >= 4 is 12.3 Å². The number of nitrogens with zero attached hydrogens (tertiary/aromatic N) is 2. The standard InChI is InChI=1S/C17H19F3N4O.C5H10.CH2O2/c1-10-7-15(22-12-3-2-6-21-9-12)23-24-16(10)13-5-4-11(8-14(13)25)17(18,19)20;1-2-4-5-3-1;2-1-3/h4-5,7-8,12,21,25H,2-3,6,9H2,1H3,(H,22,23);1-5H2;1H,(H,2,3). The van der Waals surface area contributed by atoms with Crippen LogP contribution < -0.4 is 10.6 Å². The molecule has 33 heavy (non-hydrogen) atoms. The molecule has 1 unspecified atom stereocenters. The topological polar surface area (TPSA) is 107 Å². The lowest BCUT2D eigenvalue weighted by Crippen LogP contribution is -2.38. The Morgan fingerprint density at radius 3 is 2.21 bits per heavy atom. The van der Waals surface area contributed by atoms with Gasteiger partial charge in [0, 0.05) is 18.2 Å². The van der Waals surface area contributed by atoms with Crippen LogP contribution in [0.25, 0.3) is 11.3 Å². The van der Waals surface area contributed by atoms with Crippen molar-refractivity contribution in [1.29, 1.82) is 0 Å². The molecule has 2 aliphatic rings. The fraction of sp³-hybridized carbons (Fsp3) is 0.522. The van der Waals surface area contributed by atoms with Gasteiger partial charge in [-0.3, -0.25) is 4.79 Å². The lowest BCUT2D eigenvalue weighted by atomic mass is 10.0. The quantitative estimate of drug-likeness (QED) is 0.470. The molecule has 0 amide bonds. The van der Waals surface area contributed by atoms with Gasteiger partial charge >= 0.3 is 6.18 Å². The molecule has 0 radical (unpaired) electrons. The van der Waals surface area contributed by atoms with E-state index in [1.54, 1.807) is 13.0 Å². The molecule has 4 N–H and O–H groups in total. The van der Waals surface area contributed by atoms with Gasteiger partial charge in [0.1, 0.15) is 11.6 Å². The predicted octanol–water partition coefficient (Wildman–Crippen LogP) is 4.99. The molecule has 1 aliphatic carbocycles. The predicted molar refractivity (Wildman–Crippen MR) is 120 cm³/mol. The van der Waals surface area contributed by atoms with Crippen LogP contribution in [0, 0.1) is 6.92 Å². The van der Waals surface area contributed by atoms with Gasteiger partial charge < -0.3 is 20.8 Å². The molecule has 182 valence electrons. The minimum atomic E-state index is -4.50. The average Bonchev–Trinajstić information content (AvgIpc) is 3.35. The second-order valence-corrected chi connectivity index (χ2v) is 8.05. The third kappa shape index (κ3) is 8.53. The summed E-state index contributed by atoms with van der Waals surface area (Å²) in [6.45, 7) is 3.39. The first kappa shape index (κ1) is 26.4. The third-order valence-electron chi connectivity index (χ3n) is 5.46. The van der Waals surface area contributed by atoms with Crippen molar-refractivity contribution in [3.63, 3.8) is 0 Å². The molecule has 1 saturated carbocycles. The first-order valence-corrected chi connectivity index (χ1v) is 11.1. The van der Waals surface area contributed by atoms with Gasteiger partial charge in [-0.15, -0.1) is 10.2 Å². The Balaban J connectivity index is 0.000000410. The number of aromatic hydroxyl groups is 1. The van der Waals surface area contributed by atoms with Crippen molar-refractivity contribution in [2.24, 2.45) is 0 Å². The average molecular weight is 469 g/mol. The highest BCUT2D eigenvalue weighted by Gasteiger charge is 2.31. The lowest BCUT2D eigenvalue weighted by molar-refractivity contribution is -0.137. The largest absolute Gasteiger partial charge is 0.507 e. The van der Waals surface area contributed by atoms with Gasteiger partial charge in [0.15, 0.2) is 0 Å². The van der Waals surface area contributed by atoms with Gasteiger partial charge in [-0.05, 0) is 56.1 Å². The smallest absolute Gasteiger partial charge is 0.416 e. The van der Waals surface area contributed by atoms with Crippen LogP contribution in [-0.4, -0.2) is 46.0 Å². The Morgan fingerprint density at radius 1 is 1.09 bits per heavy atom. The number of alkyl halides is 3. The Hall–Kier alpha value is -2.88. The number of phenolic OH excluding ortho intramolecular Hbond substituents is 1. The molecule has 1 saturated heterocycles. The zero-order valence-corrected chi connectivity index (χ0v) is 18.7. The number of benzene rings is 1. The molecule has 0 bridgehead atoms. The van der Waals surface area contributed by atoms with Crippen molar-refractivity contribution < 1.29 is 28.2 Å². The Kier molecular flexibility index (Phi) is 10.4. The molecule has 0 spiro atoms. The van der Waals surface area contributed by atoms with Crippen molar-refractivity contribution in [1.82, 2.24) is 15.5 Å². The number of nitrogens with one attached hydrogen (secondary N) is 2. The number of phenols is 1. The summed E-state index contributed by atoms with van der Waals surface area (Å²) in [5.74, 6) is 0.144. The lowest BCUT2D eigenvalue weighted by Gasteiger charge is -2.24. The van der Waals surface area contributed by atoms with Crippen LogP contribution in [0.15, 0.2) is 24.3 Å². The van der Waals surface area contributed by atoms with E-state index < -0.39 is 17.5 Å². The monoisotopic (exact) mass is 468 g/mol. The van der Waals surface area contributed by atoms with Crippen LogP contribution in [0.3, 0.4) is 0 Å². The van der Waals surface area contributed by atoms with Crippen LogP contribution in [0.5, 0.6) is 5.75 Å². The van der Waals surface area contributed by atoms with Crippen molar-refractivity contribution in [3.05, 3.63) is 35.4 Å². The summed E-state index contributed by atoms with van der Waals surface area (Å²) in [6.07, 6.45) is 5.12. The van der Waals surface area contributed by atoms with Gasteiger partial charge in [0.2, 0.25) is 0 Å². The molecule has 1 aromatic heterocycles. The van der Waals surface area contributed by atoms with Gasteiger partial charge in [-0.2, -0.15) is 13.2 Å². The highest BCUT2D eigenvalue weighted by molar-refractivity contribution is 5.70. The van der Waals surface area contributed by atoms with E-state index in [1.807, 2.05) is 0 Å². The molecule has 1 aliphatic heterocycles. The van der Waals surface area contributed by atoms with Crippen molar-refractivity contribution in [2.75, 3.05) is 18.4 Å². The number of carboxylic acid groups (broad SMARTS) is 1. The zero-order chi connectivity index (χ0) is 24.3. The SMILES string of the molecule is C1CCCC1.Cc1cc(NC2CCCNC2)nnc1-c1ccc(C(F)(F)F)cc1O.O=CO. The van der Waals surface area contributed by atoms with Crippen LogP contribution >= 0.6 is 0 Å². The van der Waals surface area contributed by atoms with Gasteiger partial charge in [0.05, 0.1) is 11.3 Å². The number of rotatable bonds is 3. The van der Waals surface area contributed by atoms with Crippen molar-refractivity contribution in [2.45, 2.75) is 64.1 Å².